The van der Waals surface area contributed by atoms with Crippen molar-refractivity contribution in [2.24, 2.45) is 0 Å². The lowest BCUT2D eigenvalue weighted by Gasteiger charge is -2.34. The van der Waals surface area contributed by atoms with E-state index in [2.05, 4.69) is 39.6 Å². The molecule has 4 rings (SSSR count). The number of aromatic nitrogens is 3. The number of methoxy groups -OCH3 is 2. The lowest BCUT2D eigenvalue weighted by Crippen LogP contribution is -2.47. The second-order valence-corrected chi connectivity index (χ2v) is 9.22. The van der Waals surface area contributed by atoms with Crippen molar-refractivity contribution in [2.75, 3.05) is 40.6 Å². The summed E-state index contributed by atoms with van der Waals surface area (Å²) in [6, 6.07) is 4.36. The van der Waals surface area contributed by atoms with Gasteiger partial charge in [0.1, 0.15) is 0 Å². The van der Waals surface area contributed by atoms with Gasteiger partial charge in [-0.3, -0.25) is 9.89 Å². The van der Waals surface area contributed by atoms with Gasteiger partial charge in [-0.1, -0.05) is 0 Å². The van der Waals surface area contributed by atoms with E-state index >= 15 is 0 Å². The van der Waals surface area contributed by atoms with Gasteiger partial charge in [-0.2, -0.15) is 5.10 Å². The van der Waals surface area contributed by atoms with Gasteiger partial charge in [0.15, 0.2) is 0 Å². The Morgan fingerprint density at radius 2 is 1.94 bits per heavy atom. The molecule has 0 bridgehead atoms. The first kappa shape index (κ1) is 24.4. The number of aryl methyl sites for hydroxylation is 3. The van der Waals surface area contributed by atoms with Crippen molar-refractivity contribution >= 4 is 16.8 Å². The molecule has 0 saturated heterocycles. The maximum Gasteiger partial charge on any atom is 0.230 e. The van der Waals surface area contributed by atoms with Crippen molar-refractivity contribution in [1.29, 1.82) is 0 Å². The summed E-state index contributed by atoms with van der Waals surface area (Å²) in [4.78, 5) is 17.3. The van der Waals surface area contributed by atoms with Crippen LogP contribution in [0.3, 0.4) is 0 Å². The number of aliphatic hydroxyl groups excluding tert-OH is 1. The summed E-state index contributed by atoms with van der Waals surface area (Å²) in [5.41, 5.74) is 6.99. The molecule has 0 saturated carbocycles. The molecular weight excluding hydrogens is 432 g/mol. The minimum Gasteiger partial charge on any atom is -0.396 e. The monoisotopic (exact) mass is 468 g/mol. The van der Waals surface area contributed by atoms with Gasteiger partial charge < -0.3 is 24.9 Å². The van der Waals surface area contributed by atoms with E-state index < -0.39 is 5.41 Å². The van der Waals surface area contributed by atoms with E-state index in [1.165, 1.54) is 16.5 Å². The Balaban J connectivity index is 1.84. The van der Waals surface area contributed by atoms with Crippen molar-refractivity contribution in [3.05, 3.63) is 40.6 Å². The number of carbonyl (C=O) groups excluding carboxylic acids is 1. The van der Waals surface area contributed by atoms with Crippen LogP contribution in [0.1, 0.15) is 47.9 Å². The molecule has 0 atom stereocenters. The Hall–Kier alpha value is -2.68. The molecule has 2 heterocycles. The Labute approximate surface area is 200 Å². The molecule has 1 aliphatic carbocycles. The number of hydrogen-bond donors (Lipinski definition) is 4. The molecule has 0 radical (unpaired) electrons. The zero-order chi connectivity index (χ0) is 24.1. The summed E-state index contributed by atoms with van der Waals surface area (Å²) in [7, 11) is 3.32. The molecule has 0 fully saturated rings. The molecule has 184 valence electrons. The van der Waals surface area contributed by atoms with Crippen molar-refractivity contribution in [2.45, 2.75) is 50.9 Å². The SMILES string of the molecule is COCCC(CCOC)(C(=O)NCCCO)c1cc2[nH]c3c(c2cc1C)CCCc1cn[nH]c1-3. The molecule has 3 aromatic rings. The molecule has 8 heteroatoms. The quantitative estimate of drug-likeness (QED) is 0.323. The first-order valence-electron chi connectivity index (χ1n) is 12.1. The van der Waals surface area contributed by atoms with Gasteiger partial charge in [-0.15, -0.1) is 0 Å². The molecule has 1 amide bonds. The summed E-state index contributed by atoms with van der Waals surface area (Å²) in [6.07, 6.45) is 6.60. The van der Waals surface area contributed by atoms with Crippen molar-refractivity contribution in [3.8, 4) is 11.4 Å². The summed E-state index contributed by atoms with van der Waals surface area (Å²) in [5, 5.41) is 20.9. The molecular formula is C26H36N4O4. The molecule has 0 unspecified atom stereocenters. The highest BCUT2D eigenvalue weighted by Crippen LogP contribution is 2.41. The van der Waals surface area contributed by atoms with Gasteiger partial charge in [-0.25, -0.2) is 0 Å². The molecule has 4 N–H and O–H groups in total. The number of carbonyl (C=O) groups is 1. The number of nitrogens with zero attached hydrogens (tertiary/aromatic N) is 1. The minimum absolute atomic E-state index is 0.0397. The average molecular weight is 469 g/mol. The first-order valence-corrected chi connectivity index (χ1v) is 12.1. The minimum atomic E-state index is -0.804. The van der Waals surface area contributed by atoms with Gasteiger partial charge in [0, 0.05) is 51.5 Å². The van der Waals surface area contributed by atoms with Crippen LogP contribution in [0.4, 0.5) is 0 Å². The Kier molecular flexibility index (Phi) is 7.70. The lowest BCUT2D eigenvalue weighted by atomic mass is 9.72. The maximum absolute atomic E-state index is 13.7. The number of fused-ring (bicyclic) bond motifs is 5. The zero-order valence-electron chi connectivity index (χ0n) is 20.4. The third-order valence-corrected chi connectivity index (χ3v) is 7.13. The van der Waals surface area contributed by atoms with Crippen LogP contribution in [0.25, 0.3) is 22.3 Å². The van der Waals surface area contributed by atoms with Crippen LogP contribution in [0.5, 0.6) is 0 Å². The number of rotatable bonds is 11. The maximum atomic E-state index is 13.7. The summed E-state index contributed by atoms with van der Waals surface area (Å²) in [6.45, 7) is 3.46. The number of aromatic amines is 2. The standard InChI is InChI=1S/C26H36N4O4/c1-17-14-20-19-7-4-6-18-16-28-30-23(18)24(19)29-22(20)15-21(17)26(8-12-33-2,9-13-34-3)25(32)27-10-5-11-31/h14-16,29,31H,4-13H2,1-3H3,(H,27,32)(H,28,30). The molecule has 1 aromatic carbocycles. The Morgan fingerprint density at radius 3 is 2.65 bits per heavy atom. The highest BCUT2D eigenvalue weighted by molar-refractivity contribution is 5.95. The fourth-order valence-corrected chi connectivity index (χ4v) is 5.31. The van der Waals surface area contributed by atoms with Crippen LogP contribution in [0.15, 0.2) is 18.3 Å². The second kappa shape index (κ2) is 10.7. The van der Waals surface area contributed by atoms with Crippen molar-refractivity contribution < 1.29 is 19.4 Å². The van der Waals surface area contributed by atoms with E-state index in [0.29, 0.717) is 39.0 Å². The predicted octanol–water partition coefficient (Wildman–Crippen LogP) is 3.16. The van der Waals surface area contributed by atoms with E-state index in [1.54, 1.807) is 14.2 Å². The molecule has 8 nitrogen and oxygen atoms in total. The van der Waals surface area contributed by atoms with Crippen LogP contribution in [-0.4, -0.2) is 66.8 Å². The predicted molar refractivity (Wildman–Crippen MR) is 132 cm³/mol. The summed E-state index contributed by atoms with van der Waals surface area (Å²) >= 11 is 0. The number of hydrogen-bond acceptors (Lipinski definition) is 5. The van der Waals surface area contributed by atoms with E-state index in [0.717, 1.165) is 47.3 Å². The van der Waals surface area contributed by atoms with Gasteiger partial charge >= 0.3 is 0 Å². The van der Waals surface area contributed by atoms with Gasteiger partial charge in [0.25, 0.3) is 0 Å². The number of benzene rings is 1. The smallest absolute Gasteiger partial charge is 0.230 e. The normalized spacial score (nSPS) is 13.5. The number of H-pyrrole nitrogens is 2. The number of ether oxygens (including phenoxy) is 2. The fraction of sp³-hybridized carbons (Fsp3) is 0.538. The lowest BCUT2D eigenvalue weighted by molar-refractivity contribution is -0.128. The van der Waals surface area contributed by atoms with E-state index in [-0.39, 0.29) is 12.5 Å². The van der Waals surface area contributed by atoms with Crippen LogP contribution < -0.4 is 5.32 Å². The average Bonchev–Trinajstić information content (AvgIpc) is 3.39. The van der Waals surface area contributed by atoms with Crippen LogP contribution in [0.2, 0.25) is 0 Å². The molecule has 0 aliphatic heterocycles. The van der Waals surface area contributed by atoms with Crippen LogP contribution >= 0.6 is 0 Å². The van der Waals surface area contributed by atoms with Gasteiger partial charge in [-0.05, 0) is 79.8 Å². The number of nitrogens with one attached hydrogen (secondary N) is 3. The summed E-state index contributed by atoms with van der Waals surface area (Å²) in [5.74, 6) is -0.0542. The van der Waals surface area contributed by atoms with Crippen LogP contribution in [0, 0.1) is 6.92 Å². The molecule has 0 spiro atoms. The van der Waals surface area contributed by atoms with E-state index in [1.807, 2.05) is 6.20 Å². The van der Waals surface area contributed by atoms with Crippen molar-refractivity contribution in [1.82, 2.24) is 20.5 Å². The highest BCUT2D eigenvalue weighted by Gasteiger charge is 2.41. The number of aliphatic hydroxyl groups is 1. The Morgan fingerprint density at radius 1 is 1.18 bits per heavy atom. The van der Waals surface area contributed by atoms with Gasteiger partial charge in [0.2, 0.25) is 5.91 Å². The second-order valence-electron chi connectivity index (χ2n) is 9.22. The molecule has 34 heavy (non-hydrogen) atoms. The highest BCUT2D eigenvalue weighted by atomic mass is 16.5. The molecule has 1 aliphatic rings. The van der Waals surface area contributed by atoms with Crippen molar-refractivity contribution in [3.63, 3.8) is 0 Å². The third kappa shape index (κ3) is 4.50. The van der Waals surface area contributed by atoms with Gasteiger partial charge in [0.05, 0.1) is 23.0 Å². The fourth-order valence-electron chi connectivity index (χ4n) is 5.31. The van der Waals surface area contributed by atoms with E-state index in [9.17, 15) is 9.90 Å². The summed E-state index contributed by atoms with van der Waals surface area (Å²) < 4.78 is 10.9. The van der Waals surface area contributed by atoms with E-state index in [4.69, 9.17) is 9.47 Å². The third-order valence-electron chi connectivity index (χ3n) is 7.13. The number of amides is 1. The Bertz CT molecular complexity index is 1130. The van der Waals surface area contributed by atoms with Crippen LogP contribution in [-0.2, 0) is 32.5 Å². The topological polar surface area (TPSA) is 112 Å². The zero-order valence-corrected chi connectivity index (χ0v) is 20.4. The largest absolute Gasteiger partial charge is 0.396 e. The molecule has 2 aromatic heterocycles. The first-order chi connectivity index (χ1) is 16.6.